The molecule has 106 valence electrons. The first kappa shape index (κ1) is 14.3. The first-order valence-corrected chi connectivity index (χ1v) is 8.19. The van der Waals surface area contributed by atoms with Gasteiger partial charge in [-0.05, 0) is 56.9 Å². The van der Waals surface area contributed by atoms with Gasteiger partial charge in [-0.3, -0.25) is 4.90 Å². The fourth-order valence-corrected chi connectivity index (χ4v) is 3.83. The van der Waals surface area contributed by atoms with Gasteiger partial charge in [-0.25, -0.2) is 0 Å². The lowest BCUT2D eigenvalue weighted by molar-refractivity contribution is 0.0412. The van der Waals surface area contributed by atoms with E-state index in [1.807, 2.05) is 0 Å². The highest BCUT2D eigenvalue weighted by Gasteiger charge is 2.40. The Kier molecular flexibility index (Phi) is 5.08. The summed E-state index contributed by atoms with van der Waals surface area (Å²) in [6.07, 6.45) is 11.2. The lowest BCUT2D eigenvalue weighted by Crippen LogP contribution is -2.56. The van der Waals surface area contributed by atoms with E-state index in [2.05, 4.69) is 18.7 Å². The van der Waals surface area contributed by atoms with Crippen LogP contribution in [0.15, 0.2) is 0 Å². The third kappa shape index (κ3) is 3.27. The van der Waals surface area contributed by atoms with E-state index in [-0.39, 0.29) is 0 Å². The van der Waals surface area contributed by atoms with Crippen molar-refractivity contribution < 1.29 is 0 Å². The average molecular weight is 252 g/mol. The quantitative estimate of drug-likeness (QED) is 0.752. The highest BCUT2D eigenvalue weighted by Crippen LogP contribution is 2.40. The molecular weight excluding hydrogens is 220 g/mol. The van der Waals surface area contributed by atoms with Crippen LogP contribution in [0.1, 0.15) is 65.2 Å². The molecule has 0 unspecified atom stereocenters. The van der Waals surface area contributed by atoms with Crippen LogP contribution in [0.25, 0.3) is 0 Å². The Morgan fingerprint density at radius 1 is 1.06 bits per heavy atom. The third-order valence-electron chi connectivity index (χ3n) is 5.34. The zero-order valence-electron chi connectivity index (χ0n) is 12.5. The van der Waals surface area contributed by atoms with E-state index in [0.29, 0.717) is 5.54 Å². The molecule has 0 saturated heterocycles. The van der Waals surface area contributed by atoms with Gasteiger partial charge in [0.15, 0.2) is 0 Å². The SMILES string of the molecule is CCCC1CCC(CN)(N(CC)CC2CC2)CC1. The van der Waals surface area contributed by atoms with Gasteiger partial charge in [0.25, 0.3) is 0 Å². The van der Waals surface area contributed by atoms with Crippen molar-refractivity contribution in [2.45, 2.75) is 70.8 Å². The van der Waals surface area contributed by atoms with Crippen LogP contribution in [0.5, 0.6) is 0 Å². The summed E-state index contributed by atoms with van der Waals surface area (Å²) >= 11 is 0. The Balaban J connectivity index is 1.92. The first-order valence-electron chi connectivity index (χ1n) is 8.19. The van der Waals surface area contributed by atoms with Crippen molar-refractivity contribution >= 4 is 0 Å². The summed E-state index contributed by atoms with van der Waals surface area (Å²) in [5, 5.41) is 0. The normalized spacial score (nSPS) is 33.0. The fraction of sp³-hybridized carbons (Fsp3) is 1.00. The molecule has 18 heavy (non-hydrogen) atoms. The zero-order valence-corrected chi connectivity index (χ0v) is 12.5. The second-order valence-corrected chi connectivity index (χ2v) is 6.64. The molecule has 0 radical (unpaired) electrons. The molecule has 0 atom stereocenters. The summed E-state index contributed by atoms with van der Waals surface area (Å²) in [6, 6.07) is 0. The molecule has 2 rings (SSSR count). The fourth-order valence-electron chi connectivity index (χ4n) is 3.83. The van der Waals surface area contributed by atoms with E-state index >= 15 is 0 Å². The molecule has 0 aromatic carbocycles. The summed E-state index contributed by atoms with van der Waals surface area (Å²) in [7, 11) is 0. The molecule has 0 heterocycles. The molecule has 2 saturated carbocycles. The average Bonchev–Trinajstić information content (AvgIpc) is 3.22. The largest absolute Gasteiger partial charge is 0.329 e. The maximum atomic E-state index is 6.19. The van der Waals surface area contributed by atoms with Gasteiger partial charge in [0, 0.05) is 18.6 Å². The Labute approximate surface area is 113 Å². The van der Waals surface area contributed by atoms with E-state index in [4.69, 9.17) is 5.73 Å². The molecule has 2 aliphatic carbocycles. The van der Waals surface area contributed by atoms with Crippen molar-refractivity contribution in [3.05, 3.63) is 0 Å². The molecule has 2 N–H and O–H groups in total. The van der Waals surface area contributed by atoms with Crippen LogP contribution in [0.3, 0.4) is 0 Å². The number of nitrogens with zero attached hydrogens (tertiary/aromatic N) is 1. The Morgan fingerprint density at radius 3 is 2.17 bits per heavy atom. The van der Waals surface area contributed by atoms with Gasteiger partial charge in [0.05, 0.1) is 0 Å². The molecule has 0 aromatic rings. The van der Waals surface area contributed by atoms with Gasteiger partial charge in [-0.1, -0.05) is 26.7 Å². The van der Waals surface area contributed by atoms with Crippen LogP contribution in [-0.4, -0.2) is 30.1 Å². The summed E-state index contributed by atoms with van der Waals surface area (Å²) < 4.78 is 0. The molecule has 0 aliphatic heterocycles. The van der Waals surface area contributed by atoms with Crippen molar-refractivity contribution in [2.24, 2.45) is 17.6 Å². The van der Waals surface area contributed by atoms with Crippen molar-refractivity contribution in [1.82, 2.24) is 4.90 Å². The van der Waals surface area contributed by atoms with Crippen molar-refractivity contribution in [2.75, 3.05) is 19.6 Å². The highest BCUT2D eigenvalue weighted by molar-refractivity contribution is 4.97. The van der Waals surface area contributed by atoms with Crippen LogP contribution in [0.2, 0.25) is 0 Å². The molecule has 2 nitrogen and oxygen atoms in total. The summed E-state index contributed by atoms with van der Waals surface area (Å²) in [5.41, 5.74) is 6.54. The summed E-state index contributed by atoms with van der Waals surface area (Å²) in [4.78, 5) is 2.73. The molecule has 2 aliphatic rings. The molecule has 0 amide bonds. The van der Waals surface area contributed by atoms with Gasteiger partial charge in [0.1, 0.15) is 0 Å². The highest BCUT2D eigenvalue weighted by atomic mass is 15.2. The van der Waals surface area contributed by atoms with Crippen molar-refractivity contribution in [3.63, 3.8) is 0 Å². The van der Waals surface area contributed by atoms with Gasteiger partial charge in [0.2, 0.25) is 0 Å². The number of likely N-dealkylation sites (N-methyl/N-ethyl adjacent to an activating group) is 1. The van der Waals surface area contributed by atoms with E-state index < -0.39 is 0 Å². The van der Waals surface area contributed by atoms with Gasteiger partial charge >= 0.3 is 0 Å². The molecule has 2 fully saturated rings. The van der Waals surface area contributed by atoms with Crippen LogP contribution < -0.4 is 5.73 Å². The van der Waals surface area contributed by atoms with Gasteiger partial charge in [-0.15, -0.1) is 0 Å². The van der Waals surface area contributed by atoms with E-state index in [1.165, 1.54) is 64.5 Å². The molecule has 2 heteroatoms. The van der Waals surface area contributed by atoms with E-state index in [0.717, 1.165) is 18.4 Å². The van der Waals surface area contributed by atoms with E-state index in [9.17, 15) is 0 Å². The minimum Gasteiger partial charge on any atom is -0.329 e. The molecular formula is C16H32N2. The second kappa shape index (κ2) is 6.38. The number of hydrogen-bond donors (Lipinski definition) is 1. The summed E-state index contributed by atoms with van der Waals surface area (Å²) in [5.74, 6) is 1.97. The second-order valence-electron chi connectivity index (χ2n) is 6.64. The topological polar surface area (TPSA) is 29.3 Å². The standard InChI is InChI=1S/C16H32N2/c1-3-5-14-8-10-16(13-17,11-9-14)18(4-2)12-15-6-7-15/h14-15H,3-13,17H2,1-2H3. The predicted molar refractivity (Wildman–Crippen MR) is 78.6 cm³/mol. The smallest absolute Gasteiger partial charge is 0.0331 e. The number of hydrogen-bond acceptors (Lipinski definition) is 2. The Morgan fingerprint density at radius 2 is 1.72 bits per heavy atom. The zero-order chi connectivity index (χ0) is 13.0. The molecule has 0 aromatic heterocycles. The van der Waals surface area contributed by atoms with Crippen LogP contribution in [0, 0.1) is 11.8 Å². The monoisotopic (exact) mass is 252 g/mol. The third-order valence-corrected chi connectivity index (χ3v) is 5.34. The van der Waals surface area contributed by atoms with E-state index in [1.54, 1.807) is 0 Å². The van der Waals surface area contributed by atoms with Gasteiger partial charge in [-0.2, -0.15) is 0 Å². The Hall–Kier alpha value is -0.0800. The van der Waals surface area contributed by atoms with Crippen LogP contribution in [0.4, 0.5) is 0 Å². The lowest BCUT2D eigenvalue weighted by Gasteiger charge is -2.47. The number of rotatable bonds is 7. The van der Waals surface area contributed by atoms with Crippen LogP contribution >= 0.6 is 0 Å². The molecule has 0 spiro atoms. The minimum atomic E-state index is 0.349. The van der Waals surface area contributed by atoms with Crippen molar-refractivity contribution in [1.29, 1.82) is 0 Å². The lowest BCUT2D eigenvalue weighted by atomic mass is 9.74. The maximum Gasteiger partial charge on any atom is 0.0331 e. The first-order chi connectivity index (χ1) is 8.74. The predicted octanol–water partition coefficient (Wildman–Crippen LogP) is 3.41. The Bertz CT molecular complexity index is 239. The van der Waals surface area contributed by atoms with Crippen LogP contribution in [-0.2, 0) is 0 Å². The van der Waals surface area contributed by atoms with Gasteiger partial charge < -0.3 is 5.73 Å². The van der Waals surface area contributed by atoms with Crippen molar-refractivity contribution in [3.8, 4) is 0 Å². The maximum absolute atomic E-state index is 6.19. The minimum absolute atomic E-state index is 0.349. The number of nitrogens with two attached hydrogens (primary N) is 1. The summed E-state index contributed by atoms with van der Waals surface area (Å²) in [6.45, 7) is 8.00. The molecule has 0 bridgehead atoms.